The zero-order valence-electron chi connectivity index (χ0n) is 21.1. The number of thioether (sulfide) groups is 1. The number of aromatic nitrogens is 1. The highest BCUT2D eigenvalue weighted by molar-refractivity contribution is 7.98. The Morgan fingerprint density at radius 3 is 2.45 bits per heavy atom. The van der Waals surface area contributed by atoms with Crippen molar-refractivity contribution in [1.29, 1.82) is 0 Å². The standard InChI is InChI=1S/C32H23ClN2O4S/c33-30-27-16-25(34-31(36)24-13-14-39-18-24)10-12-28(27)35(17-20-5-7-22(8-6-20)32(37)38)29(30)19-40-26-11-9-21-3-1-2-4-23(21)15-26/h1-16,18H,17,19H2,(H,34,36)(H,37,38). The maximum atomic E-state index is 12.6. The van der Waals surface area contributed by atoms with Gasteiger partial charge in [-0.05, 0) is 64.9 Å². The minimum Gasteiger partial charge on any atom is -0.478 e. The molecule has 0 atom stereocenters. The van der Waals surface area contributed by atoms with Crippen LogP contribution < -0.4 is 5.32 Å². The summed E-state index contributed by atoms with van der Waals surface area (Å²) in [5.74, 6) is -0.608. The van der Waals surface area contributed by atoms with Crippen molar-refractivity contribution in [2.24, 2.45) is 0 Å². The van der Waals surface area contributed by atoms with Crippen LogP contribution in [0.3, 0.4) is 0 Å². The van der Waals surface area contributed by atoms with E-state index in [1.165, 1.54) is 23.3 Å². The fraction of sp³-hybridized carbons (Fsp3) is 0.0625. The van der Waals surface area contributed by atoms with Crippen LogP contribution in [-0.4, -0.2) is 21.6 Å². The highest BCUT2D eigenvalue weighted by Gasteiger charge is 2.18. The summed E-state index contributed by atoms with van der Waals surface area (Å²) in [5, 5.41) is 16.0. The number of benzene rings is 4. The normalized spacial score (nSPS) is 11.2. The molecule has 0 saturated carbocycles. The SMILES string of the molecule is O=C(O)c1ccc(Cn2c(CSc3ccc4ccccc4c3)c(Cl)c3cc(NC(=O)c4ccoc4)ccc32)cc1. The third kappa shape index (κ3) is 5.21. The number of furan rings is 1. The molecule has 2 heterocycles. The molecule has 1 amide bonds. The number of amides is 1. The third-order valence-electron chi connectivity index (χ3n) is 6.78. The van der Waals surface area contributed by atoms with Crippen molar-refractivity contribution in [3.63, 3.8) is 0 Å². The predicted octanol–water partition coefficient (Wildman–Crippen LogP) is 8.33. The summed E-state index contributed by atoms with van der Waals surface area (Å²) in [6.07, 6.45) is 2.85. The number of anilines is 1. The molecule has 2 N–H and O–H groups in total. The van der Waals surface area contributed by atoms with Gasteiger partial charge in [-0.3, -0.25) is 4.79 Å². The third-order valence-corrected chi connectivity index (χ3v) is 8.21. The first-order chi connectivity index (χ1) is 19.5. The van der Waals surface area contributed by atoms with Crippen molar-refractivity contribution in [2.45, 2.75) is 17.2 Å². The lowest BCUT2D eigenvalue weighted by Gasteiger charge is -2.12. The largest absolute Gasteiger partial charge is 0.478 e. The molecule has 8 heteroatoms. The monoisotopic (exact) mass is 566 g/mol. The van der Waals surface area contributed by atoms with Gasteiger partial charge >= 0.3 is 5.97 Å². The molecule has 0 aliphatic heterocycles. The molecule has 0 fully saturated rings. The number of hydrogen-bond acceptors (Lipinski definition) is 4. The second-order valence-corrected chi connectivity index (χ2v) is 10.8. The Labute approximate surface area is 239 Å². The van der Waals surface area contributed by atoms with Gasteiger partial charge in [0.25, 0.3) is 5.91 Å². The molecule has 0 unspecified atom stereocenters. The number of fused-ring (bicyclic) bond motifs is 2. The van der Waals surface area contributed by atoms with Crippen LogP contribution in [0.25, 0.3) is 21.7 Å². The smallest absolute Gasteiger partial charge is 0.335 e. The Kier molecular flexibility index (Phi) is 7.07. The molecule has 0 bridgehead atoms. The molecule has 0 saturated heterocycles. The second-order valence-electron chi connectivity index (χ2n) is 9.34. The van der Waals surface area contributed by atoms with Gasteiger partial charge in [-0.15, -0.1) is 11.8 Å². The highest BCUT2D eigenvalue weighted by atomic mass is 35.5. The van der Waals surface area contributed by atoms with Crippen LogP contribution in [0.2, 0.25) is 5.02 Å². The van der Waals surface area contributed by atoms with Gasteiger partial charge in [0.2, 0.25) is 0 Å². The molecular weight excluding hydrogens is 544 g/mol. The summed E-state index contributed by atoms with van der Waals surface area (Å²) in [6, 6.07) is 28.8. The molecule has 2 aromatic heterocycles. The summed E-state index contributed by atoms with van der Waals surface area (Å²) >= 11 is 8.72. The number of nitrogens with zero attached hydrogens (tertiary/aromatic N) is 1. The van der Waals surface area contributed by atoms with E-state index >= 15 is 0 Å². The molecule has 0 aliphatic rings. The molecule has 0 spiro atoms. The topological polar surface area (TPSA) is 84.5 Å². The lowest BCUT2D eigenvalue weighted by Crippen LogP contribution is -2.10. The van der Waals surface area contributed by atoms with Crippen LogP contribution in [0.4, 0.5) is 5.69 Å². The lowest BCUT2D eigenvalue weighted by atomic mass is 10.1. The molecule has 198 valence electrons. The minimum absolute atomic E-state index is 0.240. The molecule has 0 aliphatic carbocycles. The quantitative estimate of drug-likeness (QED) is 0.181. The molecule has 6 nitrogen and oxygen atoms in total. The van der Waals surface area contributed by atoms with Gasteiger partial charge in [0, 0.05) is 34.0 Å². The average molecular weight is 567 g/mol. The van der Waals surface area contributed by atoms with E-state index in [1.807, 2.05) is 42.5 Å². The fourth-order valence-corrected chi connectivity index (χ4v) is 6.08. The number of hydrogen-bond donors (Lipinski definition) is 2. The van der Waals surface area contributed by atoms with E-state index < -0.39 is 5.97 Å². The Balaban J connectivity index is 1.35. The van der Waals surface area contributed by atoms with Gasteiger partial charge in [-0.1, -0.05) is 54.1 Å². The van der Waals surface area contributed by atoms with E-state index in [4.69, 9.17) is 16.0 Å². The van der Waals surface area contributed by atoms with Gasteiger partial charge in [0.1, 0.15) is 6.26 Å². The van der Waals surface area contributed by atoms with Gasteiger partial charge in [0.15, 0.2) is 0 Å². The number of carbonyl (C=O) groups excluding carboxylic acids is 1. The van der Waals surface area contributed by atoms with E-state index in [9.17, 15) is 14.7 Å². The summed E-state index contributed by atoms with van der Waals surface area (Å²) < 4.78 is 7.18. The lowest BCUT2D eigenvalue weighted by molar-refractivity contribution is 0.0696. The first kappa shape index (κ1) is 25.8. The van der Waals surface area contributed by atoms with E-state index in [0.29, 0.717) is 28.6 Å². The van der Waals surface area contributed by atoms with Gasteiger partial charge in [-0.2, -0.15) is 0 Å². The Bertz CT molecular complexity index is 1860. The number of aromatic carboxylic acids is 1. The van der Waals surface area contributed by atoms with Crippen molar-refractivity contribution in [3.05, 3.63) is 131 Å². The first-order valence-corrected chi connectivity index (χ1v) is 13.9. The van der Waals surface area contributed by atoms with E-state index in [1.54, 1.807) is 30.0 Å². The Morgan fingerprint density at radius 2 is 1.70 bits per heavy atom. The molecular formula is C32H23ClN2O4S. The van der Waals surface area contributed by atoms with Crippen molar-refractivity contribution in [2.75, 3.05) is 5.32 Å². The highest BCUT2D eigenvalue weighted by Crippen LogP contribution is 2.37. The summed E-state index contributed by atoms with van der Waals surface area (Å²) in [4.78, 5) is 25.0. The number of nitrogens with one attached hydrogen (secondary N) is 1. The zero-order valence-corrected chi connectivity index (χ0v) is 22.7. The molecule has 0 radical (unpaired) electrons. The predicted molar refractivity (Wildman–Crippen MR) is 160 cm³/mol. The van der Waals surface area contributed by atoms with Crippen molar-refractivity contribution in [1.82, 2.24) is 4.57 Å². The second kappa shape index (κ2) is 11.0. The number of carboxylic acids is 1. The van der Waals surface area contributed by atoms with Crippen LogP contribution >= 0.6 is 23.4 Å². The van der Waals surface area contributed by atoms with E-state index in [-0.39, 0.29) is 11.5 Å². The average Bonchev–Trinajstić information content (AvgIpc) is 3.60. The van der Waals surface area contributed by atoms with Gasteiger partial charge < -0.3 is 19.4 Å². The summed E-state index contributed by atoms with van der Waals surface area (Å²) in [5.41, 5.74) is 4.11. The molecule has 4 aromatic carbocycles. The van der Waals surface area contributed by atoms with Crippen LogP contribution in [0.5, 0.6) is 0 Å². The number of halogens is 1. The first-order valence-electron chi connectivity index (χ1n) is 12.5. The van der Waals surface area contributed by atoms with Crippen molar-refractivity contribution in [3.8, 4) is 0 Å². The minimum atomic E-state index is -0.960. The Hall–Kier alpha value is -4.46. The molecule has 6 aromatic rings. The van der Waals surface area contributed by atoms with Crippen LogP contribution in [0.15, 0.2) is 113 Å². The van der Waals surface area contributed by atoms with Gasteiger partial charge in [0.05, 0.1) is 27.9 Å². The maximum Gasteiger partial charge on any atom is 0.335 e. The number of rotatable bonds is 8. The van der Waals surface area contributed by atoms with Crippen LogP contribution in [0.1, 0.15) is 32.0 Å². The fourth-order valence-electron chi connectivity index (χ4n) is 4.71. The Morgan fingerprint density at radius 1 is 0.900 bits per heavy atom. The van der Waals surface area contributed by atoms with Crippen molar-refractivity contribution >= 4 is 62.6 Å². The summed E-state index contributed by atoms with van der Waals surface area (Å²) in [7, 11) is 0. The van der Waals surface area contributed by atoms with E-state index in [2.05, 4.69) is 40.2 Å². The van der Waals surface area contributed by atoms with Crippen LogP contribution in [0, 0.1) is 0 Å². The number of carbonyl (C=O) groups is 2. The molecule has 6 rings (SSSR count). The van der Waals surface area contributed by atoms with Crippen molar-refractivity contribution < 1.29 is 19.1 Å². The number of carboxylic acid groups (broad SMARTS) is 1. The van der Waals surface area contributed by atoms with E-state index in [0.717, 1.165) is 27.1 Å². The van der Waals surface area contributed by atoms with Crippen LogP contribution in [-0.2, 0) is 12.3 Å². The summed E-state index contributed by atoms with van der Waals surface area (Å²) in [6.45, 7) is 0.511. The maximum absolute atomic E-state index is 12.6. The molecule has 40 heavy (non-hydrogen) atoms. The zero-order chi connectivity index (χ0) is 27.6. The van der Waals surface area contributed by atoms with Gasteiger partial charge in [-0.25, -0.2) is 4.79 Å².